The number of carbonyl (C=O) groups is 21. The fourth-order valence-electron chi connectivity index (χ4n) is 15.7. The van der Waals surface area contributed by atoms with Crippen LogP contribution in [0.1, 0.15) is 165 Å². The number of halogens is 3. The number of nitrogens with zero attached hydrogens (tertiary/aromatic N) is 1. The molecule has 6 heterocycles. The van der Waals surface area contributed by atoms with Crippen LogP contribution >= 0.6 is 34.8 Å². The number of ether oxygens (including phenoxy) is 27. The zero-order chi connectivity index (χ0) is 105. The van der Waals surface area contributed by atoms with Gasteiger partial charge in [-0.3, -0.25) is 101 Å². The second kappa shape index (κ2) is 49.6. The SMILES string of the molecule is COC(=O)[C@@]1(O[C@H](COC(C)=O)[C@@H](OC(C)=O)[C@@H]2O[C@@](O[C@H]3[C@@H](O[C@@H]4O[C@H](COC(C)=O)[C@H](OC(C)=O)[C@H](OC(C)=O)[C@H]4N4C(=O)c5ccccc5C4=O)[C@@H](COC(C)=O)O[C@@H](O[C@H]4[C@H](OC(C)=O)[C@@H](OC(=O)C(C)(C)C)C(OC(=N)C(Cl)(Cl)Cl)O[C@@H]4COC(C)=O)[C@@H]3OC(C)=O)(C(=O)OC)C[C@H](OC(C)=O)[C@H]2NC(C)=O)C[C@H](OC(C)=O)[C@@H](NC(C)=O)[C@H]([C@H](OC(C)=O)[C@@H](COC(C)=O)OC(C)=O)O1. The summed E-state index contributed by atoms with van der Waals surface area (Å²) >= 11 is 18.4. The van der Waals surface area contributed by atoms with Gasteiger partial charge in [0.25, 0.3) is 27.2 Å². The van der Waals surface area contributed by atoms with E-state index in [-0.39, 0.29) is 11.1 Å². The predicted molar refractivity (Wildman–Crippen MR) is 451 cm³/mol. The Morgan fingerprint density at radius 1 is 0.421 bits per heavy atom. The summed E-state index contributed by atoms with van der Waals surface area (Å²) in [6, 6.07) is -1.72. The molecule has 0 aliphatic carbocycles. The first-order chi connectivity index (χ1) is 65.2. The summed E-state index contributed by atoms with van der Waals surface area (Å²) in [5, 5.41) is 13.6. The highest BCUT2D eigenvalue weighted by Crippen LogP contribution is 2.48. The van der Waals surface area contributed by atoms with Crippen LogP contribution in [0.5, 0.6) is 0 Å². The van der Waals surface area contributed by atoms with Crippen molar-refractivity contribution in [1.29, 1.82) is 5.41 Å². The molecule has 0 spiro atoms. The molecule has 0 bridgehead atoms. The standard InChI is InChI=1S/C85H109Cl3N4O48/c1-33(93)90-58-51(121-40(8)100)26-83(80(112)114-20,138-66(58)61(124-43(11)103)53(123-42(10)102)28-116-35(3)95)137-57(32-120-39(7)99)65(126-45(13)105)67-59(91-34(2)94)52(122-41(9)101)27-84(139-67,81(113)115-21)140-70-64(133-75-60(92-73(109)49-24-22-23-25-50(49)74(92)110)68(127-46(14)106)62(125-44(12)104)54(130-75)29-117-36(4)96)56(31-119-38(6)98)131-76(72(70)129-48(16)108)134-63-55(30-118-37(5)97)132-77(136-78(89)85(86,87)88)71(69(63)128-47(15)107)135-79(111)82(17,18)19/h22-25,51-72,75-77,89H,26-32H2,1-21H3,(H,90,93)(H,91,94)/t51-,52-,53+,54+,55+,56+,57+,58+,59+,60+,61+,62-,63+,64-,65+,66+,67+,68+,69-,70-,71+,72+,75-,76-,77?,83+,84-/m0/s1. The van der Waals surface area contributed by atoms with E-state index >= 15 is 19.2 Å². The summed E-state index contributed by atoms with van der Waals surface area (Å²) in [6.45, 7) is 10.9. The van der Waals surface area contributed by atoms with E-state index < -0.39 is 351 Å². The van der Waals surface area contributed by atoms with E-state index in [0.29, 0.717) is 33.0 Å². The normalized spacial score (nSPS) is 28.9. The topological polar surface area (TPSA) is 659 Å². The largest absolute Gasteiger partial charge is 0.465 e. The van der Waals surface area contributed by atoms with Gasteiger partial charge in [-0.2, -0.15) is 0 Å². The van der Waals surface area contributed by atoms with Gasteiger partial charge < -0.3 is 139 Å². The molecule has 0 saturated carbocycles. The summed E-state index contributed by atoms with van der Waals surface area (Å²) in [5.74, 6) is -36.0. The second-order valence-electron chi connectivity index (χ2n) is 33.1. The molecule has 1 aromatic carbocycles. The lowest BCUT2D eigenvalue weighted by molar-refractivity contribution is -0.402. The average molecular weight is 2060 g/mol. The number of hydrogen-bond acceptors (Lipinski definition) is 49. The van der Waals surface area contributed by atoms with Crippen molar-refractivity contribution >= 4 is 166 Å². The number of imide groups is 1. The van der Waals surface area contributed by atoms with E-state index in [1.165, 1.54) is 45.0 Å². The van der Waals surface area contributed by atoms with E-state index in [9.17, 15) is 81.5 Å². The number of methoxy groups -OCH3 is 2. The molecule has 55 heteroatoms. The van der Waals surface area contributed by atoms with Gasteiger partial charge in [-0.05, 0) is 32.9 Å². The van der Waals surface area contributed by atoms with E-state index in [1.54, 1.807) is 0 Å². The third-order valence-corrected chi connectivity index (χ3v) is 21.3. The Balaban J connectivity index is 1.70. The van der Waals surface area contributed by atoms with Gasteiger partial charge in [-0.1, -0.05) is 46.9 Å². The van der Waals surface area contributed by atoms with Gasteiger partial charge in [0.2, 0.25) is 30.1 Å². The van der Waals surface area contributed by atoms with E-state index in [4.69, 9.17) is 168 Å². The molecule has 1 unspecified atom stereocenters. The van der Waals surface area contributed by atoms with Crippen LogP contribution in [0.15, 0.2) is 24.3 Å². The number of hydrogen-bond donors (Lipinski definition) is 3. The summed E-state index contributed by atoms with van der Waals surface area (Å²) in [4.78, 5) is 296. The van der Waals surface area contributed by atoms with E-state index in [2.05, 4.69) is 10.6 Å². The van der Waals surface area contributed by atoms with E-state index in [0.717, 1.165) is 96.9 Å². The molecule has 3 N–H and O–H groups in total. The minimum atomic E-state index is -3.84. The van der Waals surface area contributed by atoms with Crippen molar-refractivity contribution < 1.29 is 229 Å². The van der Waals surface area contributed by atoms with Crippen LogP contribution in [0.4, 0.5) is 0 Å². The van der Waals surface area contributed by atoms with Crippen LogP contribution in [-0.2, 0) is 219 Å². The van der Waals surface area contributed by atoms with Gasteiger partial charge >= 0.3 is 101 Å². The molecule has 7 rings (SSSR count). The Kier molecular flexibility index (Phi) is 40.8. The smallest absolute Gasteiger partial charge is 0.366 e. The van der Waals surface area contributed by atoms with Gasteiger partial charge in [-0.25, -0.2) is 9.59 Å². The number of amides is 4. The third-order valence-electron chi connectivity index (χ3n) is 20.8. The van der Waals surface area contributed by atoms with Crippen molar-refractivity contribution in [2.45, 2.75) is 313 Å². The first kappa shape index (κ1) is 115. The Morgan fingerprint density at radius 3 is 1.20 bits per heavy atom. The molecule has 4 amide bonds. The number of benzene rings is 1. The molecular weight excluding hydrogens is 1950 g/mol. The molecule has 27 atom stereocenters. The minimum absolute atomic E-state index is 0.374. The van der Waals surface area contributed by atoms with Gasteiger partial charge in [0.05, 0.1) is 55.7 Å². The third kappa shape index (κ3) is 30.6. The number of esters is 17. The van der Waals surface area contributed by atoms with Gasteiger partial charge in [0.1, 0.15) is 106 Å². The van der Waals surface area contributed by atoms with Crippen molar-refractivity contribution in [2.75, 3.05) is 47.3 Å². The first-order valence-electron chi connectivity index (χ1n) is 42.6. The van der Waals surface area contributed by atoms with Crippen LogP contribution in [0, 0.1) is 10.8 Å². The maximum absolute atomic E-state index is 16.4. The number of nitrogens with one attached hydrogen (secondary N) is 3. The highest BCUT2D eigenvalue weighted by molar-refractivity contribution is 6.76. The quantitative estimate of drug-likeness (QED) is 0.0199. The lowest BCUT2D eigenvalue weighted by Crippen LogP contribution is -2.73. The molecule has 140 heavy (non-hydrogen) atoms. The Hall–Kier alpha value is -11.7. The maximum atomic E-state index is 16.4. The molecule has 6 aliphatic heterocycles. The molecule has 5 saturated heterocycles. The van der Waals surface area contributed by atoms with Crippen LogP contribution in [0.2, 0.25) is 0 Å². The van der Waals surface area contributed by atoms with Crippen LogP contribution in [0.25, 0.3) is 0 Å². The fourth-order valence-corrected chi connectivity index (χ4v) is 15.8. The van der Waals surface area contributed by atoms with Crippen molar-refractivity contribution in [2.24, 2.45) is 5.41 Å². The Labute approximate surface area is 812 Å². The molecule has 5 fully saturated rings. The fraction of sp³-hybridized carbons (Fsp3) is 0.671. The zero-order valence-electron chi connectivity index (χ0n) is 79.4. The Bertz CT molecular complexity index is 4790. The summed E-state index contributed by atoms with van der Waals surface area (Å²) in [7, 11) is 1.32. The molecule has 0 radical (unpaired) electrons. The molecule has 778 valence electrons. The Morgan fingerprint density at radius 2 is 0.786 bits per heavy atom. The van der Waals surface area contributed by atoms with Crippen molar-refractivity contribution in [3.05, 3.63) is 35.4 Å². The highest BCUT2D eigenvalue weighted by atomic mass is 35.6. The molecule has 1 aromatic rings. The lowest BCUT2D eigenvalue weighted by Gasteiger charge is -2.54. The molecule has 0 aromatic heterocycles. The van der Waals surface area contributed by atoms with Crippen LogP contribution in [0.3, 0.4) is 0 Å². The van der Waals surface area contributed by atoms with Crippen molar-refractivity contribution in [3.63, 3.8) is 0 Å². The van der Waals surface area contributed by atoms with Gasteiger partial charge in [0, 0.05) is 111 Å². The number of fused-ring (bicyclic) bond motifs is 1. The van der Waals surface area contributed by atoms with Crippen molar-refractivity contribution in [3.8, 4) is 0 Å². The summed E-state index contributed by atoms with van der Waals surface area (Å²) in [6.07, 6.45) is -57.0. The van der Waals surface area contributed by atoms with Crippen molar-refractivity contribution in [1.82, 2.24) is 15.5 Å². The highest BCUT2D eigenvalue weighted by Gasteiger charge is 2.69. The lowest BCUT2D eigenvalue weighted by atomic mass is 9.86. The van der Waals surface area contributed by atoms with Gasteiger partial charge in [0.15, 0.2) is 55.3 Å². The zero-order valence-corrected chi connectivity index (χ0v) is 81.6. The minimum Gasteiger partial charge on any atom is -0.465 e. The monoisotopic (exact) mass is 2060 g/mol. The van der Waals surface area contributed by atoms with Crippen LogP contribution in [-0.4, -0.2) is 351 Å². The maximum Gasteiger partial charge on any atom is 0.366 e. The summed E-state index contributed by atoms with van der Waals surface area (Å²) < 4.78 is 161. The number of alkyl halides is 3. The molecule has 6 aliphatic rings. The first-order valence-corrected chi connectivity index (χ1v) is 43.7. The molecular formula is C85H109Cl3N4O48. The average Bonchev–Trinajstić information content (AvgIpc) is 1.32. The summed E-state index contributed by atoms with van der Waals surface area (Å²) in [5.41, 5.74) is -2.32. The van der Waals surface area contributed by atoms with Gasteiger partial charge in [-0.15, -0.1) is 0 Å². The number of rotatable bonds is 38. The van der Waals surface area contributed by atoms with Crippen LogP contribution < -0.4 is 10.6 Å². The molecule has 52 nitrogen and oxygen atoms in total. The predicted octanol–water partition coefficient (Wildman–Crippen LogP) is 0.215. The second-order valence-corrected chi connectivity index (χ2v) is 35.3. The van der Waals surface area contributed by atoms with E-state index in [1.807, 2.05) is 0 Å². The number of carbonyl (C=O) groups excluding carboxylic acids is 21.